The summed E-state index contributed by atoms with van der Waals surface area (Å²) in [6.07, 6.45) is 3.60. The molecule has 30 heavy (non-hydrogen) atoms. The minimum atomic E-state index is -0.669. The van der Waals surface area contributed by atoms with Gasteiger partial charge in [0.15, 0.2) is 0 Å². The first-order valence-corrected chi connectivity index (χ1v) is 10.5. The van der Waals surface area contributed by atoms with E-state index in [-0.39, 0.29) is 6.01 Å². The summed E-state index contributed by atoms with van der Waals surface area (Å²) in [5.74, 6) is 0.977. The van der Waals surface area contributed by atoms with E-state index in [0.717, 1.165) is 24.0 Å². The minimum absolute atomic E-state index is 0.236. The highest BCUT2D eigenvalue weighted by Crippen LogP contribution is 2.29. The van der Waals surface area contributed by atoms with Crippen LogP contribution in [-0.2, 0) is 13.2 Å². The monoisotopic (exact) mass is 406 g/mol. The summed E-state index contributed by atoms with van der Waals surface area (Å²) in [5, 5.41) is 10.7. The predicted octanol–water partition coefficient (Wildman–Crippen LogP) is 5.49. The number of ether oxygens (including phenoxy) is 2. The zero-order valence-corrected chi connectivity index (χ0v) is 17.7. The summed E-state index contributed by atoms with van der Waals surface area (Å²) in [5.41, 5.74) is 2.66. The van der Waals surface area contributed by atoms with E-state index < -0.39 is 6.10 Å². The number of aromatic nitrogens is 2. The molecule has 5 nitrogen and oxygen atoms in total. The Morgan fingerprint density at radius 3 is 2.03 bits per heavy atom. The van der Waals surface area contributed by atoms with E-state index in [1.165, 1.54) is 0 Å². The zero-order chi connectivity index (χ0) is 21.2. The summed E-state index contributed by atoms with van der Waals surface area (Å²) in [7, 11) is 0. The molecule has 0 amide bonds. The Kier molecular flexibility index (Phi) is 8.21. The van der Waals surface area contributed by atoms with E-state index in [0.29, 0.717) is 37.0 Å². The van der Waals surface area contributed by atoms with E-state index in [9.17, 15) is 5.11 Å². The third kappa shape index (κ3) is 6.85. The molecule has 0 aliphatic carbocycles. The fourth-order valence-corrected chi connectivity index (χ4v) is 3.10. The molecule has 1 atom stereocenters. The molecule has 1 unspecified atom stereocenters. The van der Waals surface area contributed by atoms with Crippen LogP contribution in [0.4, 0.5) is 0 Å². The van der Waals surface area contributed by atoms with Gasteiger partial charge in [-0.2, -0.15) is 4.98 Å². The van der Waals surface area contributed by atoms with Gasteiger partial charge in [0.1, 0.15) is 13.2 Å². The van der Waals surface area contributed by atoms with Gasteiger partial charge in [-0.05, 0) is 23.5 Å². The quantitative estimate of drug-likeness (QED) is 0.456. The molecule has 3 rings (SSSR count). The molecule has 0 spiro atoms. The van der Waals surface area contributed by atoms with E-state index >= 15 is 0 Å². The third-order valence-electron chi connectivity index (χ3n) is 4.81. The largest absolute Gasteiger partial charge is 0.472 e. The van der Waals surface area contributed by atoms with Crippen LogP contribution >= 0.6 is 0 Å². The molecular weight excluding hydrogens is 376 g/mol. The van der Waals surface area contributed by atoms with E-state index in [1.54, 1.807) is 6.20 Å². The summed E-state index contributed by atoms with van der Waals surface area (Å²) >= 11 is 0. The number of rotatable bonds is 11. The Bertz CT molecular complexity index is 885. The lowest BCUT2D eigenvalue weighted by Crippen LogP contribution is -2.08. The fourth-order valence-electron chi connectivity index (χ4n) is 3.10. The molecule has 0 aliphatic heterocycles. The van der Waals surface area contributed by atoms with Crippen molar-refractivity contribution in [1.82, 2.24) is 9.97 Å². The van der Waals surface area contributed by atoms with Gasteiger partial charge >= 0.3 is 6.01 Å². The fraction of sp³-hybridized carbons (Fsp3) is 0.360. The number of hydrogen-bond acceptors (Lipinski definition) is 5. The highest BCUT2D eigenvalue weighted by Gasteiger charge is 2.18. The Labute approximate surface area is 178 Å². The maximum absolute atomic E-state index is 10.7. The molecule has 0 aliphatic rings. The van der Waals surface area contributed by atoms with Crippen LogP contribution in [0.2, 0.25) is 0 Å². The van der Waals surface area contributed by atoms with Gasteiger partial charge in [-0.3, -0.25) is 0 Å². The van der Waals surface area contributed by atoms with Crippen LogP contribution in [0.15, 0.2) is 66.9 Å². The maximum Gasteiger partial charge on any atom is 0.320 e. The van der Waals surface area contributed by atoms with Crippen molar-refractivity contribution in [2.75, 3.05) is 0 Å². The summed E-state index contributed by atoms with van der Waals surface area (Å²) < 4.78 is 11.7. The van der Waals surface area contributed by atoms with Gasteiger partial charge in [0.25, 0.3) is 0 Å². The molecule has 0 saturated carbocycles. The van der Waals surface area contributed by atoms with Crippen molar-refractivity contribution in [3.8, 4) is 11.9 Å². The second-order valence-corrected chi connectivity index (χ2v) is 7.80. The Morgan fingerprint density at radius 2 is 1.43 bits per heavy atom. The minimum Gasteiger partial charge on any atom is -0.472 e. The van der Waals surface area contributed by atoms with E-state index in [1.807, 2.05) is 60.7 Å². The van der Waals surface area contributed by atoms with Crippen LogP contribution in [0.3, 0.4) is 0 Å². The number of aliphatic hydroxyl groups excluding tert-OH is 1. The SMILES string of the molecule is CC(C)CCCC(O)c1cnc(OCc2ccccc2)nc1OCc1ccccc1. The van der Waals surface area contributed by atoms with Crippen LogP contribution in [0, 0.1) is 5.92 Å². The second-order valence-electron chi connectivity index (χ2n) is 7.80. The van der Waals surface area contributed by atoms with Gasteiger partial charge in [-0.15, -0.1) is 0 Å². The van der Waals surface area contributed by atoms with Crippen LogP contribution < -0.4 is 9.47 Å². The smallest absolute Gasteiger partial charge is 0.320 e. The van der Waals surface area contributed by atoms with E-state index in [4.69, 9.17) is 9.47 Å². The number of benzene rings is 2. The first-order valence-electron chi connectivity index (χ1n) is 10.5. The van der Waals surface area contributed by atoms with Gasteiger partial charge in [-0.1, -0.05) is 87.4 Å². The van der Waals surface area contributed by atoms with Gasteiger partial charge < -0.3 is 14.6 Å². The molecule has 0 radical (unpaired) electrons. The summed E-state index contributed by atoms with van der Waals surface area (Å²) in [6.45, 7) is 5.10. The second kappa shape index (κ2) is 11.3. The first-order chi connectivity index (χ1) is 14.6. The van der Waals surface area contributed by atoms with Crippen LogP contribution in [0.5, 0.6) is 11.9 Å². The average molecular weight is 407 g/mol. The summed E-state index contributed by atoms with van der Waals surface area (Å²) in [4.78, 5) is 8.75. The zero-order valence-electron chi connectivity index (χ0n) is 17.7. The average Bonchev–Trinajstić information content (AvgIpc) is 2.77. The third-order valence-corrected chi connectivity index (χ3v) is 4.81. The molecule has 158 valence electrons. The number of hydrogen-bond donors (Lipinski definition) is 1. The number of nitrogens with zero attached hydrogens (tertiary/aromatic N) is 2. The Hall–Kier alpha value is -2.92. The highest BCUT2D eigenvalue weighted by molar-refractivity contribution is 5.28. The lowest BCUT2D eigenvalue weighted by Gasteiger charge is -2.16. The molecule has 5 heteroatoms. The predicted molar refractivity (Wildman–Crippen MR) is 117 cm³/mol. The van der Waals surface area contributed by atoms with E-state index in [2.05, 4.69) is 23.8 Å². The summed E-state index contributed by atoms with van der Waals surface area (Å²) in [6, 6.07) is 20.0. The molecule has 2 aromatic carbocycles. The molecular formula is C25H30N2O3. The lowest BCUT2D eigenvalue weighted by molar-refractivity contribution is 0.152. The molecule has 3 aromatic rings. The van der Waals surface area contributed by atoms with Crippen molar-refractivity contribution in [1.29, 1.82) is 0 Å². The van der Waals surface area contributed by atoms with Gasteiger partial charge in [0.2, 0.25) is 5.88 Å². The maximum atomic E-state index is 10.7. The molecule has 1 aromatic heterocycles. The molecule has 1 heterocycles. The highest BCUT2D eigenvalue weighted by atomic mass is 16.5. The van der Waals surface area contributed by atoms with Crippen LogP contribution in [0.25, 0.3) is 0 Å². The Morgan fingerprint density at radius 1 is 0.833 bits per heavy atom. The topological polar surface area (TPSA) is 64.5 Å². The van der Waals surface area contributed by atoms with Crippen molar-refractivity contribution >= 4 is 0 Å². The standard InChI is InChI=1S/C25H30N2O3/c1-19(2)10-9-15-23(28)22-16-26-25(30-18-21-13-7-4-8-14-21)27-24(22)29-17-20-11-5-3-6-12-20/h3-8,11-14,16,19,23,28H,9-10,15,17-18H2,1-2H3. The normalized spacial score (nSPS) is 12.0. The van der Waals surface area contributed by atoms with Crippen molar-refractivity contribution in [2.45, 2.75) is 52.4 Å². The van der Waals surface area contributed by atoms with Crippen molar-refractivity contribution in [3.63, 3.8) is 0 Å². The van der Waals surface area contributed by atoms with Gasteiger partial charge in [-0.25, -0.2) is 4.98 Å². The molecule has 0 bridgehead atoms. The van der Waals surface area contributed by atoms with Crippen LogP contribution in [0.1, 0.15) is 55.9 Å². The number of aliphatic hydroxyl groups is 1. The van der Waals surface area contributed by atoms with Crippen molar-refractivity contribution in [3.05, 3.63) is 83.6 Å². The van der Waals surface area contributed by atoms with Crippen LogP contribution in [-0.4, -0.2) is 15.1 Å². The van der Waals surface area contributed by atoms with Crippen molar-refractivity contribution in [2.24, 2.45) is 5.92 Å². The molecule has 0 saturated heterocycles. The Balaban J connectivity index is 1.72. The lowest BCUT2D eigenvalue weighted by atomic mass is 10.0. The molecule has 0 fully saturated rings. The van der Waals surface area contributed by atoms with Gasteiger partial charge in [0.05, 0.1) is 11.7 Å². The van der Waals surface area contributed by atoms with Crippen molar-refractivity contribution < 1.29 is 14.6 Å². The van der Waals surface area contributed by atoms with Gasteiger partial charge in [0, 0.05) is 6.20 Å². The molecule has 1 N–H and O–H groups in total. The first kappa shape index (κ1) is 21.8.